The van der Waals surface area contributed by atoms with E-state index < -0.39 is 11.9 Å². The van der Waals surface area contributed by atoms with Gasteiger partial charge in [0.05, 0.1) is 6.42 Å². The van der Waals surface area contributed by atoms with Crippen LogP contribution in [0, 0.1) is 5.82 Å². The molecule has 6 heteroatoms. The summed E-state index contributed by atoms with van der Waals surface area (Å²) in [5, 5.41) is 3.12. The molecule has 0 bridgehead atoms. The molecule has 0 saturated heterocycles. The van der Waals surface area contributed by atoms with Gasteiger partial charge < -0.3 is 10.2 Å². The maximum atomic E-state index is 14.2. The Bertz CT molecular complexity index is 809. The fourth-order valence-corrected chi connectivity index (χ4v) is 3.22. The van der Waals surface area contributed by atoms with Gasteiger partial charge in [0, 0.05) is 23.2 Å². The normalized spacial score (nSPS) is 12.9. The first-order valence-corrected chi connectivity index (χ1v) is 10.3. The van der Waals surface area contributed by atoms with Gasteiger partial charge in [0.25, 0.3) is 0 Å². The predicted molar refractivity (Wildman–Crippen MR) is 114 cm³/mol. The first-order chi connectivity index (χ1) is 13.8. The van der Waals surface area contributed by atoms with Crippen LogP contribution >= 0.6 is 11.6 Å². The van der Waals surface area contributed by atoms with E-state index in [1.165, 1.54) is 17.0 Å². The molecule has 0 unspecified atom stereocenters. The average Bonchev–Trinajstić information content (AvgIpc) is 2.71. The molecule has 1 N–H and O–H groups in total. The van der Waals surface area contributed by atoms with Crippen LogP contribution in [0.15, 0.2) is 48.5 Å². The second-order valence-electron chi connectivity index (χ2n) is 7.19. The van der Waals surface area contributed by atoms with Gasteiger partial charge in [0.15, 0.2) is 0 Å². The highest BCUT2D eigenvalue weighted by atomic mass is 35.5. The standard InChI is InChI=1S/C23H28ClFN2O2/c1-4-16(2)26-23(29)17(3)27(14-13-18-9-6-5-7-10-18)22(28)15-19-20(24)11-8-12-21(19)25/h5-12,16-17H,4,13-15H2,1-3H3,(H,26,29)/t16-,17-/m0/s1. The van der Waals surface area contributed by atoms with Crippen molar-refractivity contribution in [1.82, 2.24) is 10.2 Å². The van der Waals surface area contributed by atoms with Crippen molar-refractivity contribution in [2.45, 2.75) is 52.1 Å². The number of hydrogen-bond donors (Lipinski definition) is 1. The minimum atomic E-state index is -0.675. The average molecular weight is 419 g/mol. The Hall–Kier alpha value is -2.40. The van der Waals surface area contributed by atoms with Crippen LogP contribution in [0.4, 0.5) is 4.39 Å². The van der Waals surface area contributed by atoms with Crippen molar-refractivity contribution in [2.24, 2.45) is 0 Å². The summed E-state index contributed by atoms with van der Waals surface area (Å²) in [5.74, 6) is -1.08. The number of amides is 2. The van der Waals surface area contributed by atoms with Gasteiger partial charge in [-0.25, -0.2) is 4.39 Å². The third-order valence-corrected chi connectivity index (χ3v) is 5.40. The van der Waals surface area contributed by atoms with Crippen molar-refractivity contribution >= 4 is 23.4 Å². The molecular formula is C23H28ClFN2O2. The lowest BCUT2D eigenvalue weighted by Gasteiger charge is -2.30. The molecule has 2 amide bonds. The van der Waals surface area contributed by atoms with Crippen LogP contribution in [-0.2, 0) is 22.4 Å². The minimum Gasteiger partial charge on any atom is -0.352 e. The molecule has 0 aliphatic carbocycles. The summed E-state index contributed by atoms with van der Waals surface area (Å²) in [5.41, 5.74) is 1.21. The van der Waals surface area contributed by atoms with Crippen molar-refractivity contribution in [3.8, 4) is 0 Å². The van der Waals surface area contributed by atoms with Gasteiger partial charge in [-0.3, -0.25) is 9.59 Å². The maximum absolute atomic E-state index is 14.2. The van der Waals surface area contributed by atoms with Gasteiger partial charge in [-0.2, -0.15) is 0 Å². The Kier molecular flexibility index (Phi) is 8.65. The number of nitrogens with zero attached hydrogens (tertiary/aromatic N) is 1. The van der Waals surface area contributed by atoms with Crippen LogP contribution in [0.1, 0.15) is 38.3 Å². The topological polar surface area (TPSA) is 49.4 Å². The second-order valence-corrected chi connectivity index (χ2v) is 7.60. The van der Waals surface area contributed by atoms with E-state index in [0.717, 1.165) is 12.0 Å². The third-order valence-electron chi connectivity index (χ3n) is 5.04. The van der Waals surface area contributed by atoms with Crippen LogP contribution in [0.5, 0.6) is 0 Å². The number of rotatable bonds is 9. The lowest BCUT2D eigenvalue weighted by Crippen LogP contribution is -2.51. The quantitative estimate of drug-likeness (QED) is 0.656. The summed E-state index contributed by atoms with van der Waals surface area (Å²) in [6.45, 7) is 5.95. The van der Waals surface area contributed by atoms with Crippen molar-refractivity contribution in [3.05, 3.63) is 70.5 Å². The SMILES string of the molecule is CC[C@H](C)NC(=O)[C@H](C)N(CCc1ccccc1)C(=O)Cc1c(F)cccc1Cl. The Morgan fingerprint density at radius 1 is 1.10 bits per heavy atom. The zero-order chi connectivity index (χ0) is 21.4. The summed E-state index contributed by atoms with van der Waals surface area (Å²) in [6.07, 6.45) is 1.20. The van der Waals surface area contributed by atoms with Crippen molar-refractivity contribution in [1.29, 1.82) is 0 Å². The molecule has 0 spiro atoms. The molecule has 2 atom stereocenters. The lowest BCUT2D eigenvalue weighted by atomic mass is 10.1. The molecule has 0 aliphatic rings. The van der Waals surface area contributed by atoms with Gasteiger partial charge in [0.2, 0.25) is 11.8 Å². The van der Waals surface area contributed by atoms with E-state index in [0.29, 0.717) is 13.0 Å². The van der Waals surface area contributed by atoms with Gasteiger partial charge in [-0.15, -0.1) is 0 Å². The van der Waals surface area contributed by atoms with Crippen LogP contribution in [0.2, 0.25) is 5.02 Å². The van der Waals surface area contributed by atoms with Crippen molar-refractivity contribution in [2.75, 3.05) is 6.54 Å². The summed E-state index contributed by atoms with van der Waals surface area (Å²) in [4.78, 5) is 27.2. The van der Waals surface area contributed by atoms with E-state index in [1.807, 2.05) is 44.2 Å². The summed E-state index contributed by atoms with van der Waals surface area (Å²) < 4.78 is 14.2. The molecule has 4 nitrogen and oxygen atoms in total. The van der Waals surface area contributed by atoms with Crippen LogP contribution < -0.4 is 5.32 Å². The van der Waals surface area contributed by atoms with E-state index in [1.54, 1.807) is 13.0 Å². The monoisotopic (exact) mass is 418 g/mol. The summed E-state index contributed by atoms with van der Waals surface area (Å²) in [6, 6.07) is 13.4. The zero-order valence-electron chi connectivity index (χ0n) is 17.1. The second kappa shape index (κ2) is 11.0. The van der Waals surface area contributed by atoms with Crippen LogP contribution in [0.25, 0.3) is 0 Å². The molecule has 0 radical (unpaired) electrons. The number of benzene rings is 2. The summed E-state index contributed by atoms with van der Waals surface area (Å²) >= 11 is 6.09. The third kappa shape index (κ3) is 6.57. The fraction of sp³-hybridized carbons (Fsp3) is 0.391. The summed E-state index contributed by atoms with van der Waals surface area (Å²) in [7, 11) is 0. The van der Waals surface area contributed by atoms with E-state index in [4.69, 9.17) is 11.6 Å². The number of carbonyl (C=O) groups is 2. The smallest absolute Gasteiger partial charge is 0.242 e. The molecule has 0 saturated carbocycles. The lowest BCUT2D eigenvalue weighted by molar-refractivity contribution is -0.139. The molecule has 29 heavy (non-hydrogen) atoms. The number of halogens is 2. The molecule has 156 valence electrons. The molecule has 2 aromatic rings. The van der Waals surface area contributed by atoms with Gasteiger partial charge in [-0.05, 0) is 44.4 Å². The molecule has 0 aromatic heterocycles. The number of carbonyl (C=O) groups excluding carboxylic acids is 2. The minimum absolute atomic E-state index is 0.0111. The highest BCUT2D eigenvalue weighted by Gasteiger charge is 2.27. The van der Waals surface area contributed by atoms with Gasteiger partial charge in [-0.1, -0.05) is 54.9 Å². The first-order valence-electron chi connectivity index (χ1n) is 9.90. The fourth-order valence-electron chi connectivity index (χ4n) is 2.99. The van der Waals surface area contributed by atoms with Gasteiger partial charge in [0.1, 0.15) is 11.9 Å². The van der Waals surface area contributed by atoms with E-state index in [9.17, 15) is 14.0 Å². The highest BCUT2D eigenvalue weighted by molar-refractivity contribution is 6.31. The first kappa shape index (κ1) is 22.9. The maximum Gasteiger partial charge on any atom is 0.242 e. The van der Waals surface area contributed by atoms with Crippen molar-refractivity contribution in [3.63, 3.8) is 0 Å². The molecule has 0 fully saturated rings. The van der Waals surface area contributed by atoms with Crippen LogP contribution in [-0.4, -0.2) is 35.3 Å². The predicted octanol–water partition coefficient (Wildman–Crippen LogP) is 4.40. The largest absolute Gasteiger partial charge is 0.352 e. The Morgan fingerprint density at radius 2 is 1.79 bits per heavy atom. The zero-order valence-corrected chi connectivity index (χ0v) is 17.9. The van der Waals surface area contributed by atoms with E-state index in [-0.39, 0.29) is 34.9 Å². The van der Waals surface area contributed by atoms with E-state index in [2.05, 4.69) is 5.32 Å². The Labute approximate surface area is 177 Å². The number of hydrogen-bond acceptors (Lipinski definition) is 2. The van der Waals surface area contributed by atoms with Crippen LogP contribution in [0.3, 0.4) is 0 Å². The highest BCUT2D eigenvalue weighted by Crippen LogP contribution is 2.21. The Morgan fingerprint density at radius 3 is 2.41 bits per heavy atom. The van der Waals surface area contributed by atoms with E-state index >= 15 is 0 Å². The molecular weight excluding hydrogens is 391 g/mol. The molecule has 0 aliphatic heterocycles. The molecule has 0 heterocycles. The number of nitrogens with one attached hydrogen (secondary N) is 1. The molecule has 2 rings (SSSR count). The van der Waals surface area contributed by atoms with Crippen molar-refractivity contribution < 1.29 is 14.0 Å². The van der Waals surface area contributed by atoms with Gasteiger partial charge >= 0.3 is 0 Å². The molecule has 2 aromatic carbocycles. The Balaban J connectivity index is 2.20.